The third kappa shape index (κ3) is 3.71. The highest BCUT2D eigenvalue weighted by atomic mass is 35.5. The highest BCUT2D eigenvalue weighted by molar-refractivity contribution is 6.32. The molecule has 1 unspecified atom stereocenters. The summed E-state index contributed by atoms with van der Waals surface area (Å²) in [7, 11) is 3.48. The van der Waals surface area contributed by atoms with E-state index in [2.05, 4.69) is 34.0 Å². The van der Waals surface area contributed by atoms with Gasteiger partial charge in [-0.05, 0) is 13.3 Å². The highest BCUT2D eigenvalue weighted by Gasteiger charge is 2.18. The second kappa shape index (κ2) is 7.38. The quantitative estimate of drug-likeness (QED) is 0.826. The van der Waals surface area contributed by atoms with E-state index >= 15 is 0 Å². The third-order valence-electron chi connectivity index (χ3n) is 2.88. The summed E-state index contributed by atoms with van der Waals surface area (Å²) in [4.78, 5) is 10.7. The van der Waals surface area contributed by atoms with Gasteiger partial charge in [0.1, 0.15) is 5.02 Å². The molecule has 0 saturated heterocycles. The van der Waals surface area contributed by atoms with Gasteiger partial charge in [0.2, 0.25) is 5.95 Å². The Balaban J connectivity index is 3.02. The Bertz CT molecular complexity index is 375. The first-order chi connectivity index (χ1) is 8.63. The lowest BCUT2D eigenvalue weighted by molar-refractivity contribution is 0.203. The fraction of sp³-hybridized carbons (Fsp3) is 0.667. The Morgan fingerprint density at radius 2 is 2.28 bits per heavy atom. The Labute approximate surface area is 114 Å². The molecule has 0 aliphatic rings. The monoisotopic (exact) mass is 272 g/mol. The van der Waals surface area contributed by atoms with Crippen molar-refractivity contribution in [3.8, 4) is 0 Å². The molecule has 0 aliphatic carbocycles. The van der Waals surface area contributed by atoms with Crippen LogP contribution in [0.25, 0.3) is 0 Å². The maximum Gasteiger partial charge on any atom is 0.224 e. The van der Waals surface area contributed by atoms with Crippen LogP contribution in [0.5, 0.6) is 0 Å². The molecule has 102 valence electrons. The molecule has 1 aromatic heterocycles. The maximum atomic E-state index is 6.19. The first-order valence-electron chi connectivity index (χ1n) is 6.09. The molecule has 1 N–H and O–H groups in total. The number of anilines is 2. The number of hydrogen-bond acceptors (Lipinski definition) is 5. The first-order valence-corrected chi connectivity index (χ1v) is 6.47. The van der Waals surface area contributed by atoms with Crippen LogP contribution in [0.1, 0.15) is 20.3 Å². The third-order valence-corrected chi connectivity index (χ3v) is 3.15. The molecule has 1 heterocycles. The lowest BCUT2D eigenvalue weighted by atomic mass is 10.2. The zero-order valence-electron chi connectivity index (χ0n) is 11.4. The predicted octanol–water partition coefficient (Wildman–Crippen LogP) is 2.42. The van der Waals surface area contributed by atoms with E-state index in [1.54, 1.807) is 20.4 Å². The molecular weight excluding hydrogens is 252 g/mol. The maximum absolute atomic E-state index is 6.19. The van der Waals surface area contributed by atoms with E-state index in [9.17, 15) is 0 Å². The van der Waals surface area contributed by atoms with Crippen LogP contribution in [0.3, 0.4) is 0 Å². The number of aromatic nitrogens is 2. The van der Waals surface area contributed by atoms with Gasteiger partial charge in [-0.1, -0.05) is 18.5 Å². The number of halogens is 1. The summed E-state index contributed by atoms with van der Waals surface area (Å²) in [6.45, 7) is 5.68. The van der Waals surface area contributed by atoms with Crippen LogP contribution in [0.15, 0.2) is 6.20 Å². The summed E-state index contributed by atoms with van der Waals surface area (Å²) in [5.74, 6) is 1.32. The van der Waals surface area contributed by atoms with Crippen molar-refractivity contribution in [3.63, 3.8) is 0 Å². The topological polar surface area (TPSA) is 50.3 Å². The number of rotatable bonds is 7. The van der Waals surface area contributed by atoms with Gasteiger partial charge in [0.25, 0.3) is 0 Å². The number of hydrogen-bond donors (Lipinski definition) is 1. The second-order valence-electron chi connectivity index (χ2n) is 4.06. The van der Waals surface area contributed by atoms with E-state index in [0.29, 0.717) is 23.6 Å². The van der Waals surface area contributed by atoms with Gasteiger partial charge in [-0.15, -0.1) is 0 Å². The molecule has 5 nitrogen and oxygen atoms in total. The summed E-state index contributed by atoms with van der Waals surface area (Å²) in [6, 6.07) is 0.345. The number of nitrogens with zero attached hydrogens (tertiary/aromatic N) is 3. The van der Waals surface area contributed by atoms with E-state index in [4.69, 9.17) is 16.3 Å². The van der Waals surface area contributed by atoms with Crippen molar-refractivity contribution >= 4 is 23.4 Å². The molecule has 0 saturated carbocycles. The molecule has 0 aromatic carbocycles. The fourth-order valence-electron chi connectivity index (χ4n) is 1.63. The molecule has 1 aromatic rings. The largest absolute Gasteiger partial charge is 0.383 e. The minimum absolute atomic E-state index is 0.345. The standard InChI is InChI=1S/C12H21ClN4O/c1-5-9(2)17(6-7-18-4)11-10(13)8-15-12(14-3)16-11/h8-9H,5-7H2,1-4H3,(H,14,15,16). The van der Waals surface area contributed by atoms with Crippen LogP contribution in [0, 0.1) is 0 Å². The average Bonchev–Trinajstić information content (AvgIpc) is 2.40. The van der Waals surface area contributed by atoms with Gasteiger partial charge < -0.3 is 15.0 Å². The van der Waals surface area contributed by atoms with Gasteiger partial charge in [-0.2, -0.15) is 4.98 Å². The van der Waals surface area contributed by atoms with Crippen LogP contribution in [0.4, 0.5) is 11.8 Å². The van der Waals surface area contributed by atoms with Crippen molar-refractivity contribution in [2.45, 2.75) is 26.3 Å². The van der Waals surface area contributed by atoms with Crippen molar-refractivity contribution < 1.29 is 4.74 Å². The molecule has 0 fully saturated rings. The van der Waals surface area contributed by atoms with E-state index in [1.807, 2.05) is 0 Å². The van der Waals surface area contributed by atoms with E-state index in [1.165, 1.54) is 0 Å². The summed E-state index contributed by atoms with van der Waals surface area (Å²) >= 11 is 6.19. The van der Waals surface area contributed by atoms with Gasteiger partial charge >= 0.3 is 0 Å². The van der Waals surface area contributed by atoms with Gasteiger partial charge in [0.15, 0.2) is 5.82 Å². The van der Waals surface area contributed by atoms with E-state index in [-0.39, 0.29) is 0 Å². The Morgan fingerprint density at radius 3 is 2.83 bits per heavy atom. The van der Waals surface area contributed by atoms with Crippen molar-refractivity contribution in [3.05, 3.63) is 11.2 Å². The lowest BCUT2D eigenvalue weighted by Gasteiger charge is -2.30. The van der Waals surface area contributed by atoms with Gasteiger partial charge in [0.05, 0.1) is 12.8 Å². The number of ether oxygens (including phenoxy) is 1. The van der Waals surface area contributed by atoms with E-state index in [0.717, 1.165) is 18.8 Å². The predicted molar refractivity (Wildman–Crippen MR) is 75.6 cm³/mol. The Kier molecular flexibility index (Phi) is 6.15. The van der Waals surface area contributed by atoms with Crippen LogP contribution in [-0.4, -0.2) is 43.3 Å². The van der Waals surface area contributed by atoms with Crippen LogP contribution in [-0.2, 0) is 4.74 Å². The summed E-state index contributed by atoms with van der Waals surface area (Å²) in [5.41, 5.74) is 0. The molecular formula is C12H21ClN4O. The van der Waals surface area contributed by atoms with Crippen LogP contribution >= 0.6 is 11.6 Å². The smallest absolute Gasteiger partial charge is 0.224 e. The van der Waals surface area contributed by atoms with Crippen molar-refractivity contribution in [1.82, 2.24) is 9.97 Å². The molecule has 0 spiro atoms. The zero-order chi connectivity index (χ0) is 13.5. The number of nitrogens with one attached hydrogen (secondary N) is 1. The minimum Gasteiger partial charge on any atom is -0.383 e. The Hall–Kier alpha value is -1.07. The molecule has 0 radical (unpaired) electrons. The summed E-state index contributed by atoms with van der Waals surface area (Å²) in [6.07, 6.45) is 2.64. The van der Waals surface area contributed by atoms with Crippen LogP contribution in [0.2, 0.25) is 5.02 Å². The van der Waals surface area contributed by atoms with Gasteiger partial charge in [0, 0.05) is 26.7 Å². The molecule has 1 rings (SSSR count). The fourth-order valence-corrected chi connectivity index (χ4v) is 1.82. The zero-order valence-corrected chi connectivity index (χ0v) is 12.2. The summed E-state index contributed by atoms with van der Waals surface area (Å²) < 4.78 is 5.14. The molecule has 18 heavy (non-hydrogen) atoms. The van der Waals surface area contributed by atoms with Gasteiger partial charge in [-0.3, -0.25) is 0 Å². The Morgan fingerprint density at radius 1 is 1.56 bits per heavy atom. The normalized spacial score (nSPS) is 12.3. The molecule has 0 amide bonds. The van der Waals surface area contributed by atoms with Crippen molar-refractivity contribution in [2.75, 3.05) is 37.5 Å². The number of methoxy groups -OCH3 is 1. The average molecular weight is 273 g/mol. The molecule has 1 atom stereocenters. The lowest BCUT2D eigenvalue weighted by Crippen LogP contribution is -2.36. The molecule has 0 aliphatic heterocycles. The molecule has 6 heteroatoms. The summed E-state index contributed by atoms with van der Waals surface area (Å²) in [5, 5.41) is 3.48. The van der Waals surface area contributed by atoms with Gasteiger partial charge in [-0.25, -0.2) is 4.98 Å². The van der Waals surface area contributed by atoms with Crippen LogP contribution < -0.4 is 10.2 Å². The molecule has 0 bridgehead atoms. The van der Waals surface area contributed by atoms with Crippen molar-refractivity contribution in [1.29, 1.82) is 0 Å². The van der Waals surface area contributed by atoms with E-state index < -0.39 is 0 Å². The van der Waals surface area contributed by atoms with Crippen molar-refractivity contribution in [2.24, 2.45) is 0 Å². The second-order valence-corrected chi connectivity index (χ2v) is 4.47. The SMILES string of the molecule is CCC(C)N(CCOC)c1nc(NC)ncc1Cl. The minimum atomic E-state index is 0.345. The highest BCUT2D eigenvalue weighted by Crippen LogP contribution is 2.26. The first kappa shape index (κ1) is 15.0.